The van der Waals surface area contributed by atoms with E-state index in [0.29, 0.717) is 10.8 Å². The summed E-state index contributed by atoms with van der Waals surface area (Å²) >= 11 is 0. The van der Waals surface area contributed by atoms with Gasteiger partial charge in [-0.15, -0.1) is 0 Å². The summed E-state index contributed by atoms with van der Waals surface area (Å²) < 4.78 is 0. The van der Waals surface area contributed by atoms with Gasteiger partial charge in [0.15, 0.2) is 0 Å². The van der Waals surface area contributed by atoms with E-state index in [0.717, 1.165) is 5.69 Å². The molecule has 3 aliphatic carbocycles. The molecule has 1 heteroatoms. The van der Waals surface area contributed by atoms with Crippen molar-refractivity contribution >= 4 is 0 Å². The molecule has 0 N–H and O–H groups in total. The molecular weight excluding hydrogens is 326 g/mol. The van der Waals surface area contributed by atoms with Crippen LogP contribution in [0.25, 0.3) is 22.4 Å². The first-order valence-corrected chi connectivity index (χ1v) is 10.4. The summed E-state index contributed by atoms with van der Waals surface area (Å²) in [5.41, 5.74) is 10.6. The van der Waals surface area contributed by atoms with Gasteiger partial charge in [0.25, 0.3) is 0 Å². The molecule has 2 saturated carbocycles. The Hall–Kier alpha value is -2.41. The molecule has 0 atom stereocenters. The van der Waals surface area contributed by atoms with Crippen LogP contribution in [0, 0.1) is 6.92 Å². The Balaban J connectivity index is 1.67. The van der Waals surface area contributed by atoms with Crippen LogP contribution in [-0.2, 0) is 10.8 Å². The Kier molecular flexibility index (Phi) is 3.08. The summed E-state index contributed by atoms with van der Waals surface area (Å²) in [5, 5.41) is 0. The molecule has 0 amide bonds. The van der Waals surface area contributed by atoms with Crippen LogP contribution in [-0.4, -0.2) is 4.98 Å². The van der Waals surface area contributed by atoms with Crippen molar-refractivity contribution < 1.29 is 0 Å². The monoisotopic (exact) mass is 351 g/mol. The second-order valence-corrected chi connectivity index (χ2v) is 8.90. The lowest BCUT2D eigenvalue weighted by Crippen LogP contribution is -2.43. The lowest BCUT2D eigenvalue weighted by molar-refractivity contribution is 0.299. The van der Waals surface area contributed by atoms with Crippen molar-refractivity contribution in [3.05, 3.63) is 77.5 Å². The lowest BCUT2D eigenvalue weighted by atomic mass is 9.55. The summed E-state index contributed by atoms with van der Waals surface area (Å²) in [6.07, 6.45) is 10.1. The molecule has 6 rings (SSSR count). The molecule has 0 unspecified atom stereocenters. The van der Waals surface area contributed by atoms with Gasteiger partial charge < -0.3 is 0 Å². The largest absolute Gasteiger partial charge is 0.256 e. The quantitative estimate of drug-likeness (QED) is 0.482. The van der Waals surface area contributed by atoms with E-state index >= 15 is 0 Å². The smallest absolute Gasteiger partial charge is 0.0702 e. The zero-order valence-corrected chi connectivity index (χ0v) is 16.0. The number of benzene rings is 2. The van der Waals surface area contributed by atoms with E-state index in [1.807, 2.05) is 12.3 Å². The van der Waals surface area contributed by atoms with Gasteiger partial charge in [0.05, 0.1) is 5.69 Å². The van der Waals surface area contributed by atoms with E-state index in [1.54, 1.807) is 11.1 Å². The van der Waals surface area contributed by atoms with Gasteiger partial charge in [-0.3, -0.25) is 4.98 Å². The van der Waals surface area contributed by atoms with Crippen LogP contribution < -0.4 is 0 Å². The van der Waals surface area contributed by atoms with Crippen LogP contribution in [0.2, 0.25) is 0 Å². The Morgan fingerprint density at radius 1 is 0.741 bits per heavy atom. The molecule has 134 valence electrons. The number of hydrogen-bond acceptors (Lipinski definition) is 1. The minimum absolute atomic E-state index is 0.368. The van der Waals surface area contributed by atoms with Crippen molar-refractivity contribution in [2.45, 2.75) is 56.3 Å². The maximum atomic E-state index is 4.60. The summed E-state index contributed by atoms with van der Waals surface area (Å²) in [6, 6.07) is 20.6. The highest BCUT2D eigenvalue weighted by molar-refractivity contribution is 5.82. The van der Waals surface area contributed by atoms with Crippen molar-refractivity contribution in [2.24, 2.45) is 0 Å². The number of fused-ring (bicyclic) bond motifs is 3. The van der Waals surface area contributed by atoms with Gasteiger partial charge in [0.1, 0.15) is 0 Å². The van der Waals surface area contributed by atoms with Gasteiger partial charge in [-0.1, -0.05) is 54.8 Å². The summed E-state index contributed by atoms with van der Waals surface area (Å²) in [7, 11) is 0. The molecule has 0 saturated heterocycles. The molecule has 3 aromatic rings. The Morgan fingerprint density at radius 3 is 2.07 bits per heavy atom. The summed E-state index contributed by atoms with van der Waals surface area (Å²) in [4.78, 5) is 4.60. The van der Waals surface area contributed by atoms with E-state index in [4.69, 9.17) is 0 Å². The molecule has 0 radical (unpaired) electrons. The average molecular weight is 351 g/mol. The van der Waals surface area contributed by atoms with E-state index in [1.165, 1.54) is 60.8 Å². The molecule has 2 fully saturated rings. The number of rotatable bonds is 1. The second-order valence-electron chi connectivity index (χ2n) is 8.90. The van der Waals surface area contributed by atoms with Gasteiger partial charge >= 0.3 is 0 Å². The summed E-state index contributed by atoms with van der Waals surface area (Å²) in [6.45, 7) is 2.23. The third-order valence-electron chi connectivity index (χ3n) is 7.81. The van der Waals surface area contributed by atoms with Crippen LogP contribution in [0.1, 0.15) is 55.2 Å². The van der Waals surface area contributed by atoms with Crippen LogP contribution in [0.4, 0.5) is 0 Å². The number of aromatic nitrogens is 1. The third-order valence-corrected chi connectivity index (χ3v) is 7.81. The molecule has 0 spiro atoms. The van der Waals surface area contributed by atoms with Crippen LogP contribution in [0.15, 0.2) is 60.8 Å². The van der Waals surface area contributed by atoms with E-state index < -0.39 is 0 Å². The maximum Gasteiger partial charge on any atom is 0.0702 e. The molecule has 2 aromatic carbocycles. The van der Waals surface area contributed by atoms with Gasteiger partial charge in [0.2, 0.25) is 0 Å². The third kappa shape index (κ3) is 1.87. The van der Waals surface area contributed by atoms with Crippen LogP contribution in [0.5, 0.6) is 0 Å². The maximum absolute atomic E-state index is 4.60. The molecular formula is C26H25N. The van der Waals surface area contributed by atoms with Crippen molar-refractivity contribution in [1.82, 2.24) is 4.98 Å². The molecule has 3 aliphatic rings. The minimum atomic E-state index is 0.368. The zero-order valence-electron chi connectivity index (χ0n) is 16.0. The molecule has 0 aliphatic heterocycles. The zero-order chi connectivity index (χ0) is 18.1. The second kappa shape index (κ2) is 5.32. The lowest BCUT2D eigenvalue weighted by Gasteiger charge is -2.48. The van der Waals surface area contributed by atoms with Crippen molar-refractivity contribution in [1.29, 1.82) is 0 Å². The number of pyridine rings is 1. The Bertz CT molecular complexity index is 1040. The standard InChI is InChI=1S/C26H25N/c1-18-7-9-22-20(16-18)21-17-19(24-6-2-3-15-27-24)8-10-23(21)26-13-4-11-25(22,26)12-5-14-26/h2-3,6-10,15-17H,4-5,11-14H2,1H3. The first-order valence-electron chi connectivity index (χ1n) is 10.4. The Morgan fingerprint density at radius 2 is 1.41 bits per heavy atom. The van der Waals surface area contributed by atoms with Crippen LogP contribution in [0.3, 0.4) is 0 Å². The van der Waals surface area contributed by atoms with Crippen molar-refractivity contribution in [3.63, 3.8) is 0 Å². The Labute approximate surface area is 161 Å². The fraction of sp³-hybridized carbons (Fsp3) is 0.346. The van der Waals surface area contributed by atoms with E-state index in [9.17, 15) is 0 Å². The highest BCUT2D eigenvalue weighted by Crippen LogP contribution is 2.69. The normalized spacial score (nSPS) is 27.6. The fourth-order valence-corrected chi connectivity index (χ4v) is 6.82. The molecule has 1 nitrogen and oxygen atoms in total. The van der Waals surface area contributed by atoms with E-state index in [2.05, 4.69) is 60.4 Å². The predicted octanol–water partition coefficient (Wildman–Crippen LogP) is 6.58. The molecule has 1 aromatic heterocycles. The van der Waals surface area contributed by atoms with E-state index in [-0.39, 0.29) is 0 Å². The van der Waals surface area contributed by atoms with Crippen molar-refractivity contribution in [3.8, 4) is 22.4 Å². The first kappa shape index (κ1) is 15.6. The highest BCUT2D eigenvalue weighted by atomic mass is 14.7. The predicted molar refractivity (Wildman–Crippen MR) is 111 cm³/mol. The topological polar surface area (TPSA) is 12.9 Å². The number of aryl methyl sites for hydroxylation is 1. The first-order chi connectivity index (χ1) is 13.2. The van der Waals surface area contributed by atoms with Crippen molar-refractivity contribution in [2.75, 3.05) is 0 Å². The fourth-order valence-electron chi connectivity index (χ4n) is 6.82. The number of hydrogen-bond donors (Lipinski definition) is 0. The molecule has 1 heterocycles. The number of nitrogens with zero attached hydrogens (tertiary/aromatic N) is 1. The van der Waals surface area contributed by atoms with Gasteiger partial charge in [-0.05, 0) is 73.1 Å². The molecule has 27 heavy (non-hydrogen) atoms. The highest BCUT2D eigenvalue weighted by Gasteiger charge is 2.62. The molecule has 0 bridgehead atoms. The van der Waals surface area contributed by atoms with Gasteiger partial charge in [-0.2, -0.15) is 0 Å². The average Bonchev–Trinajstić information content (AvgIpc) is 3.26. The van der Waals surface area contributed by atoms with Gasteiger partial charge in [0, 0.05) is 22.6 Å². The minimum Gasteiger partial charge on any atom is -0.256 e. The SMILES string of the molecule is Cc1ccc2c(c1)-c1cc(-c3ccccn3)ccc1C13CCCC21CCC3. The van der Waals surface area contributed by atoms with Gasteiger partial charge in [-0.25, -0.2) is 0 Å². The van der Waals surface area contributed by atoms with Crippen LogP contribution >= 0.6 is 0 Å². The summed E-state index contributed by atoms with van der Waals surface area (Å²) in [5.74, 6) is 0.